The molecule has 37 heavy (non-hydrogen) atoms. The SMILES string of the molecule is O=C(N1CCCCC1)N1CCn2cc(-c3c(-c4nnc5ccccn45)[nH][nH]c3=O)c3cc(F)cc(c32)C1. The second kappa shape index (κ2) is 8.32. The number of amides is 2. The molecule has 2 amide bonds. The van der Waals surface area contributed by atoms with E-state index in [1.807, 2.05) is 45.0 Å². The van der Waals surface area contributed by atoms with Gasteiger partial charge in [0.25, 0.3) is 5.56 Å². The molecule has 10 nitrogen and oxygen atoms in total. The average molecular weight is 501 g/mol. The van der Waals surface area contributed by atoms with Gasteiger partial charge in [0.1, 0.15) is 11.5 Å². The molecule has 4 aromatic heterocycles. The molecular weight excluding hydrogens is 475 g/mol. The summed E-state index contributed by atoms with van der Waals surface area (Å²) in [5.41, 5.74) is 3.35. The number of aromatic nitrogens is 6. The molecule has 2 N–H and O–H groups in total. The third kappa shape index (κ3) is 3.45. The molecule has 1 aromatic carbocycles. The number of carbonyl (C=O) groups excluding carboxylic acids is 1. The molecule has 0 saturated carbocycles. The molecule has 1 saturated heterocycles. The van der Waals surface area contributed by atoms with Crippen LogP contribution in [0, 0.1) is 5.82 Å². The molecular formula is C26H25FN8O2. The maximum absolute atomic E-state index is 15.0. The van der Waals surface area contributed by atoms with E-state index in [1.54, 1.807) is 4.40 Å². The van der Waals surface area contributed by atoms with Gasteiger partial charge in [0.05, 0.1) is 11.1 Å². The van der Waals surface area contributed by atoms with E-state index in [0.717, 1.165) is 43.4 Å². The Hall–Kier alpha value is -4.41. The zero-order valence-corrected chi connectivity index (χ0v) is 20.1. The Morgan fingerprint density at radius 2 is 1.84 bits per heavy atom. The summed E-state index contributed by atoms with van der Waals surface area (Å²) >= 11 is 0. The molecule has 188 valence electrons. The maximum Gasteiger partial charge on any atom is 0.320 e. The smallest absolute Gasteiger partial charge is 0.320 e. The van der Waals surface area contributed by atoms with Gasteiger partial charge in [-0.15, -0.1) is 10.2 Å². The summed E-state index contributed by atoms with van der Waals surface area (Å²) in [5, 5.41) is 14.8. The van der Waals surface area contributed by atoms with E-state index in [4.69, 9.17) is 0 Å². The van der Waals surface area contributed by atoms with Crippen molar-refractivity contribution >= 4 is 22.6 Å². The molecule has 2 aliphatic heterocycles. The fourth-order valence-corrected chi connectivity index (χ4v) is 5.74. The van der Waals surface area contributed by atoms with Crippen LogP contribution in [0.2, 0.25) is 0 Å². The number of nitrogens with one attached hydrogen (secondary N) is 2. The minimum Gasteiger partial charge on any atom is -0.345 e. The number of halogens is 1. The van der Waals surface area contributed by atoms with Gasteiger partial charge in [0, 0.05) is 56.1 Å². The van der Waals surface area contributed by atoms with Crippen molar-refractivity contribution in [1.82, 2.24) is 39.2 Å². The zero-order chi connectivity index (χ0) is 25.1. The first kappa shape index (κ1) is 21.8. The highest BCUT2D eigenvalue weighted by molar-refractivity contribution is 6.00. The lowest BCUT2D eigenvalue weighted by Gasteiger charge is -2.32. The van der Waals surface area contributed by atoms with Crippen molar-refractivity contribution in [1.29, 1.82) is 0 Å². The van der Waals surface area contributed by atoms with Crippen LogP contribution in [0.3, 0.4) is 0 Å². The molecule has 0 spiro atoms. The van der Waals surface area contributed by atoms with Crippen LogP contribution in [0.5, 0.6) is 0 Å². The Kier molecular flexibility index (Phi) is 4.91. The standard InChI is InChI=1S/C26H25FN8O2/c27-17-12-16-14-34(26(37)32-7-3-1-4-8-32)11-10-33-15-19(18(13-17)23(16)33)21-22(29-31-25(21)36)24-30-28-20-6-2-5-9-35(20)24/h2,5-6,9,12-13,15H,1,3-4,7-8,10-11,14H2,(H2,29,31,36). The Bertz CT molecular complexity index is 1720. The third-order valence-electron chi connectivity index (χ3n) is 7.47. The number of hydrogen-bond acceptors (Lipinski definition) is 4. The van der Waals surface area contributed by atoms with Crippen molar-refractivity contribution in [3.8, 4) is 22.6 Å². The first-order valence-corrected chi connectivity index (χ1v) is 12.5. The van der Waals surface area contributed by atoms with Crippen LogP contribution < -0.4 is 5.56 Å². The van der Waals surface area contributed by atoms with Crippen molar-refractivity contribution in [2.24, 2.45) is 0 Å². The number of likely N-dealkylation sites (tertiary alicyclic amines) is 1. The van der Waals surface area contributed by atoms with Gasteiger partial charge in [-0.1, -0.05) is 6.07 Å². The van der Waals surface area contributed by atoms with Gasteiger partial charge in [-0.25, -0.2) is 9.18 Å². The van der Waals surface area contributed by atoms with Crippen molar-refractivity contribution in [2.45, 2.75) is 32.4 Å². The number of piperidine rings is 1. The molecule has 1 fully saturated rings. The summed E-state index contributed by atoms with van der Waals surface area (Å²) in [4.78, 5) is 30.0. The number of fused-ring (bicyclic) bond motifs is 1. The van der Waals surface area contributed by atoms with E-state index in [-0.39, 0.29) is 11.6 Å². The third-order valence-corrected chi connectivity index (χ3v) is 7.47. The van der Waals surface area contributed by atoms with Crippen LogP contribution in [-0.2, 0) is 13.1 Å². The van der Waals surface area contributed by atoms with Gasteiger partial charge >= 0.3 is 6.03 Å². The van der Waals surface area contributed by atoms with Gasteiger partial charge in [-0.05, 0) is 49.1 Å². The molecule has 5 aromatic rings. The highest BCUT2D eigenvalue weighted by atomic mass is 19.1. The van der Waals surface area contributed by atoms with Gasteiger partial charge in [0.2, 0.25) is 0 Å². The second-order valence-electron chi connectivity index (χ2n) is 9.73. The normalized spacial score (nSPS) is 16.0. The number of benzene rings is 1. The zero-order valence-electron chi connectivity index (χ0n) is 20.1. The van der Waals surface area contributed by atoms with Crippen LogP contribution in [0.1, 0.15) is 24.8 Å². The fourth-order valence-electron chi connectivity index (χ4n) is 5.74. The maximum atomic E-state index is 15.0. The quantitative estimate of drug-likeness (QED) is 0.386. The molecule has 7 rings (SSSR count). The van der Waals surface area contributed by atoms with Crippen molar-refractivity contribution in [3.63, 3.8) is 0 Å². The Morgan fingerprint density at radius 1 is 0.973 bits per heavy atom. The number of urea groups is 1. The Labute approximate surface area is 210 Å². The molecule has 0 aliphatic carbocycles. The number of aromatic amines is 2. The van der Waals surface area contributed by atoms with Gasteiger partial charge < -0.3 is 14.4 Å². The summed E-state index contributed by atoms with van der Waals surface area (Å²) in [6, 6.07) is 8.53. The van der Waals surface area contributed by atoms with Gasteiger partial charge in [0.15, 0.2) is 11.5 Å². The Balaban J connectivity index is 1.35. The number of pyridine rings is 1. The first-order valence-electron chi connectivity index (χ1n) is 12.5. The Morgan fingerprint density at radius 3 is 2.70 bits per heavy atom. The predicted octanol–water partition coefficient (Wildman–Crippen LogP) is 3.60. The largest absolute Gasteiger partial charge is 0.345 e. The molecule has 0 unspecified atom stereocenters. The lowest BCUT2D eigenvalue weighted by atomic mass is 10.0. The first-order chi connectivity index (χ1) is 18.1. The van der Waals surface area contributed by atoms with Gasteiger partial charge in [-0.3, -0.25) is 19.4 Å². The van der Waals surface area contributed by atoms with E-state index in [2.05, 4.69) is 20.4 Å². The highest BCUT2D eigenvalue weighted by Crippen LogP contribution is 2.37. The minimum atomic E-state index is -0.407. The molecule has 0 atom stereocenters. The molecule has 0 bridgehead atoms. The fraction of sp³-hybridized carbons (Fsp3) is 0.308. The van der Waals surface area contributed by atoms with Crippen molar-refractivity contribution in [2.75, 3.05) is 19.6 Å². The second-order valence-corrected chi connectivity index (χ2v) is 9.73. The van der Waals surface area contributed by atoms with Crippen LogP contribution in [0.25, 0.3) is 39.2 Å². The summed E-state index contributed by atoms with van der Waals surface area (Å²) in [7, 11) is 0. The lowest BCUT2D eigenvalue weighted by molar-refractivity contribution is 0.140. The van der Waals surface area contributed by atoms with E-state index in [9.17, 15) is 14.0 Å². The monoisotopic (exact) mass is 500 g/mol. The van der Waals surface area contributed by atoms with Crippen LogP contribution >= 0.6 is 0 Å². The van der Waals surface area contributed by atoms with Crippen molar-refractivity contribution in [3.05, 3.63) is 64.5 Å². The van der Waals surface area contributed by atoms with Crippen molar-refractivity contribution < 1.29 is 9.18 Å². The van der Waals surface area contributed by atoms with Gasteiger partial charge in [-0.2, -0.15) is 0 Å². The number of hydrogen-bond donors (Lipinski definition) is 2. The number of nitrogens with zero attached hydrogens (tertiary/aromatic N) is 6. The lowest BCUT2D eigenvalue weighted by Crippen LogP contribution is -2.45. The number of rotatable bonds is 2. The van der Waals surface area contributed by atoms with Crippen LogP contribution in [-0.4, -0.2) is 64.8 Å². The van der Waals surface area contributed by atoms with E-state index < -0.39 is 5.82 Å². The van der Waals surface area contributed by atoms with E-state index >= 15 is 0 Å². The summed E-state index contributed by atoms with van der Waals surface area (Å²) in [6.07, 6.45) is 6.89. The summed E-state index contributed by atoms with van der Waals surface area (Å²) in [6.45, 7) is 2.89. The van der Waals surface area contributed by atoms with E-state index in [0.29, 0.717) is 53.3 Å². The minimum absolute atomic E-state index is 0.00568. The summed E-state index contributed by atoms with van der Waals surface area (Å²) in [5.74, 6) is 0.0714. The molecule has 11 heteroatoms. The predicted molar refractivity (Wildman–Crippen MR) is 136 cm³/mol. The average Bonchev–Trinajstić information content (AvgIpc) is 3.57. The molecule has 2 aliphatic rings. The molecule has 0 radical (unpaired) electrons. The number of carbonyl (C=O) groups is 1. The van der Waals surface area contributed by atoms with Crippen LogP contribution in [0.4, 0.5) is 9.18 Å². The van der Waals surface area contributed by atoms with E-state index in [1.165, 1.54) is 12.1 Å². The molecule has 6 heterocycles. The van der Waals surface area contributed by atoms with Crippen LogP contribution in [0.15, 0.2) is 47.5 Å². The topological polar surface area (TPSA) is 107 Å². The highest BCUT2D eigenvalue weighted by Gasteiger charge is 2.29. The summed E-state index contributed by atoms with van der Waals surface area (Å²) < 4.78 is 18.8. The number of H-pyrrole nitrogens is 2.